The maximum atomic E-state index is 11.4. The third-order valence-electron chi connectivity index (χ3n) is 4.58. The summed E-state index contributed by atoms with van der Waals surface area (Å²) in [5, 5.41) is 9.60. The fraction of sp³-hybridized carbons (Fsp3) is 0.875. The molecule has 0 atom stereocenters. The average molecular weight is 437 g/mol. The van der Waals surface area contributed by atoms with Gasteiger partial charge in [0.15, 0.2) is 5.96 Å². The number of likely N-dealkylation sites (N-methyl/N-ethyl adjacent to an activating group) is 1. The Morgan fingerprint density at radius 1 is 1.22 bits per heavy atom. The molecular formula is C16H32IN5O. The second-order valence-electron chi connectivity index (χ2n) is 6.45. The summed E-state index contributed by atoms with van der Waals surface area (Å²) in [6.45, 7) is 3.44. The molecule has 134 valence electrons. The highest BCUT2D eigenvalue weighted by atomic mass is 127. The van der Waals surface area contributed by atoms with Crippen LogP contribution in [0.3, 0.4) is 0 Å². The van der Waals surface area contributed by atoms with E-state index in [0.29, 0.717) is 12.6 Å². The monoisotopic (exact) mass is 437 g/mol. The first-order valence-corrected chi connectivity index (χ1v) is 8.61. The standard InChI is InChI=1S/C16H31N5O.HI/c1-17-15(22)12-21-10-7-14(8-11-21)20-16(18-2)19-9-3-4-13-5-6-13;/h13-14H,3-12H2,1-2H3,(H,17,22)(H2,18,19,20);1H. The van der Waals surface area contributed by atoms with Crippen molar-refractivity contribution < 1.29 is 4.79 Å². The van der Waals surface area contributed by atoms with Crippen LogP contribution in [0.15, 0.2) is 4.99 Å². The molecule has 2 aliphatic rings. The molecule has 1 saturated heterocycles. The largest absolute Gasteiger partial charge is 0.358 e. The number of hydrogen-bond acceptors (Lipinski definition) is 3. The smallest absolute Gasteiger partial charge is 0.233 e. The van der Waals surface area contributed by atoms with E-state index in [9.17, 15) is 4.79 Å². The van der Waals surface area contributed by atoms with Crippen molar-refractivity contribution >= 4 is 35.8 Å². The van der Waals surface area contributed by atoms with E-state index in [0.717, 1.165) is 44.4 Å². The fourth-order valence-electron chi connectivity index (χ4n) is 2.91. The third-order valence-corrected chi connectivity index (χ3v) is 4.58. The number of guanidine groups is 1. The van der Waals surface area contributed by atoms with E-state index in [2.05, 4.69) is 25.8 Å². The van der Waals surface area contributed by atoms with E-state index >= 15 is 0 Å². The molecule has 0 radical (unpaired) electrons. The van der Waals surface area contributed by atoms with E-state index in [1.807, 2.05) is 7.05 Å². The van der Waals surface area contributed by atoms with E-state index in [1.54, 1.807) is 7.05 Å². The highest BCUT2D eigenvalue weighted by Gasteiger charge is 2.22. The number of nitrogens with zero attached hydrogens (tertiary/aromatic N) is 2. The SMILES string of the molecule is CN=C(NCCCC1CC1)NC1CCN(CC(=O)NC)CC1.I. The minimum atomic E-state index is 0. The van der Waals surface area contributed by atoms with Gasteiger partial charge in [-0.25, -0.2) is 0 Å². The number of rotatable bonds is 7. The highest BCUT2D eigenvalue weighted by Crippen LogP contribution is 2.33. The Kier molecular flexibility index (Phi) is 9.85. The zero-order valence-electron chi connectivity index (χ0n) is 14.4. The van der Waals surface area contributed by atoms with Gasteiger partial charge in [0.1, 0.15) is 0 Å². The minimum absolute atomic E-state index is 0. The maximum absolute atomic E-state index is 11.4. The highest BCUT2D eigenvalue weighted by molar-refractivity contribution is 14.0. The zero-order valence-corrected chi connectivity index (χ0v) is 16.8. The number of amides is 1. The zero-order chi connectivity index (χ0) is 15.8. The molecule has 0 aromatic heterocycles. The minimum Gasteiger partial charge on any atom is -0.358 e. The Morgan fingerprint density at radius 3 is 2.48 bits per heavy atom. The van der Waals surface area contributed by atoms with Gasteiger partial charge < -0.3 is 16.0 Å². The molecule has 7 heteroatoms. The first kappa shape index (κ1) is 20.5. The summed E-state index contributed by atoms with van der Waals surface area (Å²) in [5.41, 5.74) is 0. The number of nitrogens with one attached hydrogen (secondary N) is 3. The molecule has 1 aliphatic heterocycles. The first-order valence-electron chi connectivity index (χ1n) is 8.61. The van der Waals surface area contributed by atoms with Crippen molar-refractivity contribution in [3.05, 3.63) is 0 Å². The van der Waals surface area contributed by atoms with Crippen molar-refractivity contribution in [2.24, 2.45) is 10.9 Å². The van der Waals surface area contributed by atoms with Crippen LogP contribution in [0.1, 0.15) is 38.5 Å². The number of piperidine rings is 1. The predicted molar refractivity (Wildman–Crippen MR) is 105 cm³/mol. The molecular weight excluding hydrogens is 405 g/mol. The normalized spacial score (nSPS) is 19.8. The number of halogens is 1. The molecule has 1 saturated carbocycles. The first-order chi connectivity index (χ1) is 10.7. The van der Waals surface area contributed by atoms with Gasteiger partial charge in [-0.3, -0.25) is 14.7 Å². The molecule has 1 amide bonds. The van der Waals surface area contributed by atoms with Gasteiger partial charge >= 0.3 is 0 Å². The lowest BCUT2D eigenvalue weighted by molar-refractivity contribution is -0.122. The van der Waals surface area contributed by atoms with Gasteiger partial charge in [0.2, 0.25) is 5.91 Å². The number of likely N-dealkylation sites (tertiary alicyclic amines) is 1. The number of aliphatic imine (C=N–C) groups is 1. The lowest BCUT2D eigenvalue weighted by atomic mass is 10.1. The predicted octanol–water partition coefficient (Wildman–Crippen LogP) is 1.17. The number of carbonyl (C=O) groups excluding carboxylic acids is 1. The Labute approximate surface area is 157 Å². The van der Waals surface area contributed by atoms with Crippen molar-refractivity contribution in [2.45, 2.75) is 44.6 Å². The molecule has 3 N–H and O–H groups in total. The van der Waals surface area contributed by atoms with Crippen LogP contribution < -0.4 is 16.0 Å². The summed E-state index contributed by atoms with van der Waals surface area (Å²) in [5.74, 6) is 2.02. The van der Waals surface area contributed by atoms with Crippen molar-refractivity contribution in [1.29, 1.82) is 0 Å². The van der Waals surface area contributed by atoms with E-state index in [1.165, 1.54) is 25.7 Å². The van der Waals surface area contributed by atoms with Gasteiger partial charge in [-0.15, -0.1) is 24.0 Å². The average Bonchev–Trinajstić information content (AvgIpc) is 3.36. The van der Waals surface area contributed by atoms with E-state index < -0.39 is 0 Å². The van der Waals surface area contributed by atoms with Crippen LogP contribution in [-0.4, -0.2) is 63.1 Å². The van der Waals surface area contributed by atoms with Crippen LogP contribution in [0, 0.1) is 5.92 Å². The van der Waals surface area contributed by atoms with Crippen LogP contribution in [-0.2, 0) is 4.79 Å². The van der Waals surface area contributed by atoms with Crippen molar-refractivity contribution in [1.82, 2.24) is 20.9 Å². The Hall–Kier alpha value is -0.570. The van der Waals surface area contributed by atoms with Crippen molar-refractivity contribution in [3.8, 4) is 0 Å². The summed E-state index contributed by atoms with van der Waals surface area (Å²) in [4.78, 5) is 17.9. The molecule has 0 bridgehead atoms. The van der Waals surface area contributed by atoms with E-state index in [-0.39, 0.29) is 29.9 Å². The topological polar surface area (TPSA) is 68.8 Å². The van der Waals surface area contributed by atoms with Gasteiger partial charge in [0.05, 0.1) is 6.54 Å². The van der Waals surface area contributed by atoms with Gasteiger partial charge in [0, 0.05) is 39.8 Å². The van der Waals surface area contributed by atoms with Gasteiger partial charge in [-0.1, -0.05) is 12.8 Å². The molecule has 0 aromatic carbocycles. The fourth-order valence-corrected chi connectivity index (χ4v) is 2.91. The Balaban J connectivity index is 0.00000264. The molecule has 1 heterocycles. The molecule has 23 heavy (non-hydrogen) atoms. The molecule has 6 nitrogen and oxygen atoms in total. The summed E-state index contributed by atoms with van der Waals surface area (Å²) in [6, 6.07) is 0.454. The summed E-state index contributed by atoms with van der Waals surface area (Å²) in [6.07, 6.45) is 7.56. The number of carbonyl (C=O) groups is 1. The van der Waals surface area contributed by atoms with Crippen LogP contribution in [0.2, 0.25) is 0 Å². The van der Waals surface area contributed by atoms with E-state index in [4.69, 9.17) is 0 Å². The molecule has 0 spiro atoms. The third kappa shape index (κ3) is 8.19. The number of hydrogen-bond donors (Lipinski definition) is 3. The summed E-state index contributed by atoms with van der Waals surface area (Å²) >= 11 is 0. The molecule has 0 aromatic rings. The molecule has 0 unspecified atom stereocenters. The molecule has 2 rings (SSSR count). The lowest BCUT2D eigenvalue weighted by Gasteiger charge is -2.32. The summed E-state index contributed by atoms with van der Waals surface area (Å²) in [7, 11) is 3.52. The van der Waals surface area contributed by atoms with Gasteiger partial charge in [0.25, 0.3) is 0 Å². The van der Waals surface area contributed by atoms with Crippen LogP contribution in [0.4, 0.5) is 0 Å². The van der Waals surface area contributed by atoms with Crippen LogP contribution >= 0.6 is 24.0 Å². The lowest BCUT2D eigenvalue weighted by Crippen LogP contribution is -2.50. The Morgan fingerprint density at radius 2 is 1.91 bits per heavy atom. The quantitative estimate of drug-likeness (QED) is 0.242. The maximum Gasteiger partial charge on any atom is 0.233 e. The van der Waals surface area contributed by atoms with Crippen LogP contribution in [0.5, 0.6) is 0 Å². The molecule has 2 fully saturated rings. The Bertz CT molecular complexity index is 379. The second-order valence-corrected chi connectivity index (χ2v) is 6.45. The van der Waals surface area contributed by atoms with Crippen molar-refractivity contribution in [3.63, 3.8) is 0 Å². The second kappa shape index (κ2) is 11.1. The summed E-state index contributed by atoms with van der Waals surface area (Å²) < 4.78 is 0. The van der Waals surface area contributed by atoms with Crippen molar-refractivity contribution in [2.75, 3.05) is 40.3 Å². The van der Waals surface area contributed by atoms with Crippen LogP contribution in [0.25, 0.3) is 0 Å². The van der Waals surface area contributed by atoms with Gasteiger partial charge in [-0.2, -0.15) is 0 Å². The molecule has 1 aliphatic carbocycles. The van der Waals surface area contributed by atoms with Gasteiger partial charge in [-0.05, 0) is 31.6 Å².